The number of imide groups is 1. The first-order valence-corrected chi connectivity index (χ1v) is 11.9. The van der Waals surface area contributed by atoms with Gasteiger partial charge in [-0.3, -0.25) is 19.2 Å². The number of ether oxygens (including phenoxy) is 1. The van der Waals surface area contributed by atoms with E-state index in [1.165, 1.54) is 6.92 Å². The van der Waals surface area contributed by atoms with Crippen LogP contribution in [0.5, 0.6) is 5.75 Å². The van der Waals surface area contributed by atoms with Crippen LogP contribution in [0.2, 0.25) is 0 Å². The molecule has 2 aromatic rings. The Kier molecular flexibility index (Phi) is 7.10. The summed E-state index contributed by atoms with van der Waals surface area (Å²) >= 11 is 0. The van der Waals surface area contributed by atoms with Crippen molar-refractivity contribution >= 4 is 29.4 Å². The van der Waals surface area contributed by atoms with Crippen molar-refractivity contribution in [3.05, 3.63) is 59.7 Å². The summed E-state index contributed by atoms with van der Waals surface area (Å²) in [4.78, 5) is 54.4. The molecule has 0 aromatic heterocycles. The number of anilines is 1. The lowest BCUT2D eigenvalue weighted by molar-refractivity contribution is -0.132. The normalized spacial score (nSPS) is 19.1. The van der Waals surface area contributed by atoms with Crippen LogP contribution in [-0.4, -0.2) is 40.7 Å². The Morgan fingerprint density at radius 1 is 0.941 bits per heavy atom. The highest BCUT2D eigenvalue weighted by Crippen LogP contribution is 2.32. The topological polar surface area (TPSA) is 84.0 Å². The van der Waals surface area contributed by atoms with Gasteiger partial charge in [0.2, 0.25) is 5.91 Å². The van der Waals surface area contributed by atoms with Gasteiger partial charge in [-0.25, -0.2) is 4.90 Å². The van der Waals surface area contributed by atoms with E-state index in [9.17, 15) is 19.2 Å². The molecule has 3 amide bonds. The Bertz CT molecular complexity index is 1090. The van der Waals surface area contributed by atoms with Crippen LogP contribution >= 0.6 is 0 Å². The molecule has 4 rings (SSSR count). The fraction of sp³-hybridized carbons (Fsp3) is 0.407. The van der Waals surface area contributed by atoms with Crippen molar-refractivity contribution in [2.75, 3.05) is 4.90 Å². The second kappa shape index (κ2) is 10.2. The van der Waals surface area contributed by atoms with Gasteiger partial charge in [0.05, 0.1) is 12.1 Å². The first-order valence-electron chi connectivity index (χ1n) is 11.9. The summed E-state index contributed by atoms with van der Waals surface area (Å²) in [5, 5.41) is 0. The third-order valence-electron chi connectivity index (χ3n) is 6.64. The molecule has 178 valence electrons. The molecule has 34 heavy (non-hydrogen) atoms. The molecule has 1 saturated carbocycles. The van der Waals surface area contributed by atoms with Crippen LogP contribution in [0.25, 0.3) is 0 Å². The molecule has 0 N–H and O–H groups in total. The molecule has 0 spiro atoms. The average Bonchev–Trinajstić information content (AvgIpc) is 2.97. The molecule has 1 heterocycles. The third kappa shape index (κ3) is 4.88. The zero-order valence-corrected chi connectivity index (χ0v) is 19.7. The molecular weight excluding hydrogens is 432 g/mol. The van der Waals surface area contributed by atoms with Crippen LogP contribution in [0, 0.1) is 6.92 Å². The minimum absolute atomic E-state index is 0.0430. The second-order valence-electron chi connectivity index (χ2n) is 9.05. The van der Waals surface area contributed by atoms with Gasteiger partial charge in [-0.05, 0) is 55.7 Å². The number of benzene rings is 2. The Morgan fingerprint density at radius 2 is 1.59 bits per heavy atom. The van der Waals surface area contributed by atoms with Gasteiger partial charge in [0.15, 0.2) is 0 Å². The van der Waals surface area contributed by atoms with E-state index < -0.39 is 17.9 Å². The van der Waals surface area contributed by atoms with Crippen molar-refractivity contribution in [3.8, 4) is 5.75 Å². The van der Waals surface area contributed by atoms with E-state index in [2.05, 4.69) is 0 Å². The van der Waals surface area contributed by atoms with E-state index in [0.717, 1.165) is 49.0 Å². The maximum absolute atomic E-state index is 13.8. The maximum Gasteiger partial charge on any atom is 0.308 e. The smallest absolute Gasteiger partial charge is 0.308 e. The summed E-state index contributed by atoms with van der Waals surface area (Å²) in [6.07, 6.45) is 5.83. The van der Waals surface area contributed by atoms with Gasteiger partial charge in [0, 0.05) is 18.5 Å². The standard InChI is InChI=1S/C27H30N2O5/c1-18-9-7-8-12-23(18)26(32)28(20-10-5-3-4-6-11-20)24-17-25(31)29(27(24)33)21-13-15-22(16-14-21)34-19(2)30/h7-9,12-16,20,24H,3-6,10-11,17H2,1-2H3. The van der Waals surface area contributed by atoms with Crippen molar-refractivity contribution in [2.24, 2.45) is 0 Å². The summed E-state index contributed by atoms with van der Waals surface area (Å²) in [6.45, 7) is 3.19. The molecule has 0 radical (unpaired) electrons. The van der Waals surface area contributed by atoms with Crippen LogP contribution in [0.4, 0.5) is 5.69 Å². The molecule has 7 heteroatoms. The molecule has 7 nitrogen and oxygen atoms in total. The Labute approximate surface area is 199 Å². The lowest BCUT2D eigenvalue weighted by atomic mass is 10.00. The zero-order valence-electron chi connectivity index (χ0n) is 19.7. The van der Waals surface area contributed by atoms with Crippen LogP contribution < -0.4 is 9.64 Å². The van der Waals surface area contributed by atoms with Gasteiger partial charge < -0.3 is 9.64 Å². The van der Waals surface area contributed by atoms with Gasteiger partial charge in [0.25, 0.3) is 11.8 Å². The first kappa shape index (κ1) is 23.7. The Hall–Kier alpha value is -3.48. The second-order valence-corrected chi connectivity index (χ2v) is 9.05. The predicted octanol–water partition coefficient (Wildman–Crippen LogP) is 4.42. The van der Waals surface area contributed by atoms with Crippen molar-refractivity contribution in [2.45, 2.75) is 70.9 Å². The highest BCUT2D eigenvalue weighted by molar-refractivity contribution is 6.23. The summed E-state index contributed by atoms with van der Waals surface area (Å²) in [7, 11) is 0. The maximum atomic E-state index is 13.8. The number of amides is 3. The van der Waals surface area contributed by atoms with Gasteiger partial charge >= 0.3 is 5.97 Å². The van der Waals surface area contributed by atoms with Gasteiger partial charge in [-0.15, -0.1) is 0 Å². The van der Waals surface area contributed by atoms with Crippen LogP contribution in [0.15, 0.2) is 48.5 Å². The number of carbonyl (C=O) groups is 4. The number of aryl methyl sites for hydroxylation is 1. The van der Waals surface area contributed by atoms with Crippen molar-refractivity contribution in [3.63, 3.8) is 0 Å². The average molecular weight is 463 g/mol. The molecule has 2 aliphatic rings. The minimum Gasteiger partial charge on any atom is -0.427 e. The number of hydrogen-bond acceptors (Lipinski definition) is 5. The third-order valence-corrected chi connectivity index (χ3v) is 6.64. The van der Waals surface area contributed by atoms with E-state index >= 15 is 0 Å². The number of esters is 1. The number of hydrogen-bond donors (Lipinski definition) is 0. The predicted molar refractivity (Wildman–Crippen MR) is 127 cm³/mol. The molecule has 1 atom stereocenters. The molecular formula is C27H30N2O5. The molecule has 0 bridgehead atoms. The lowest BCUT2D eigenvalue weighted by Gasteiger charge is -2.35. The quantitative estimate of drug-likeness (QED) is 0.284. The van der Waals surface area contributed by atoms with Crippen molar-refractivity contribution in [1.82, 2.24) is 4.90 Å². The number of nitrogens with zero attached hydrogens (tertiary/aromatic N) is 2. The van der Waals surface area contributed by atoms with Gasteiger partial charge in [-0.2, -0.15) is 0 Å². The molecule has 2 aromatic carbocycles. The van der Waals surface area contributed by atoms with Gasteiger partial charge in [0.1, 0.15) is 11.8 Å². The van der Waals surface area contributed by atoms with Crippen molar-refractivity contribution < 1.29 is 23.9 Å². The highest BCUT2D eigenvalue weighted by Gasteiger charge is 2.46. The number of carbonyl (C=O) groups excluding carboxylic acids is 4. The zero-order chi connectivity index (χ0) is 24.2. The lowest BCUT2D eigenvalue weighted by Crippen LogP contribution is -2.51. The molecule has 1 aliphatic heterocycles. The summed E-state index contributed by atoms with van der Waals surface area (Å²) in [5.74, 6) is -1.04. The largest absolute Gasteiger partial charge is 0.427 e. The van der Waals surface area contributed by atoms with Gasteiger partial charge in [-0.1, -0.05) is 43.9 Å². The van der Waals surface area contributed by atoms with Crippen molar-refractivity contribution in [1.29, 1.82) is 0 Å². The minimum atomic E-state index is -0.837. The fourth-order valence-corrected chi connectivity index (χ4v) is 4.98. The van der Waals surface area contributed by atoms with E-state index in [-0.39, 0.29) is 24.3 Å². The van der Waals surface area contributed by atoms with Crippen LogP contribution in [0.1, 0.15) is 67.8 Å². The molecule has 1 unspecified atom stereocenters. The Morgan fingerprint density at radius 3 is 2.21 bits per heavy atom. The number of rotatable bonds is 5. The summed E-state index contributed by atoms with van der Waals surface area (Å²) in [5.41, 5.74) is 1.81. The molecule has 2 fully saturated rings. The van der Waals surface area contributed by atoms with E-state index in [1.807, 2.05) is 25.1 Å². The highest BCUT2D eigenvalue weighted by atomic mass is 16.5. The monoisotopic (exact) mass is 462 g/mol. The van der Waals surface area contributed by atoms with E-state index in [1.54, 1.807) is 35.2 Å². The molecule has 1 saturated heterocycles. The van der Waals surface area contributed by atoms with Crippen LogP contribution in [-0.2, 0) is 14.4 Å². The molecule has 1 aliphatic carbocycles. The SMILES string of the molecule is CC(=O)Oc1ccc(N2C(=O)CC(N(C(=O)c3ccccc3C)C3CCCCCC3)C2=O)cc1. The Balaban J connectivity index is 1.65. The fourth-order valence-electron chi connectivity index (χ4n) is 4.98. The first-order chi connectivity index (χ1) is 16.4. The summed E-state index contributed by atoms with van der Waals surface area (Å²) in [6, 6.07) is 12.7. The van der Waals surface area contributed by atoms with E-state index in [4.69, 9.17) is 4.74 Å². The summed E-state index contributed by atoms with van der Waals surface area (Å²) < 4.78 is 5.05. The van der Waals surface area contributed by atoms with Crippen LogP contribution in [0.3, 0.4) is 0 Å². The van der Waals surface area contributed by atoms with E-state index in [0.29, 0.717) is 17.0 Å².